The van der Waals surface area contributed by atoms with E-state index in [4.69, 9.17) is 0 Å². The van der Waals surface area contributed by atoms with Crippen LogP contribution in [0.4, 0.5) is 5.69 Å². The maximum atomic E-state index is 11.4. The topological polar surface area (TPSA) is 20.3 Å². The third kappa shape index (κ3) is 1.50. The van der Waals surface area contributed by atoms with Gasteiger partial charge in [0.15, 0.2) is 0 Å². The van der Waals surface area contributed by atoms with Gasteiger partial charge in [-0.1, -0.05) is 6.07 Å². The lowest BCUT2D eigenvalue weighted by Gasteiger charge is -2.12. The molecule has 66 valence electrons. The van der Waals surface area contributed by atoms with Gasteiger partial charge in [-0.2, -0.15) is 0 Å². The predicted octanol–water partition coefficient (Wildman–Crippen LogP) is 1.72. The highest BCUT2D eigenvalue weighted by Crippen LogP contribution is 2.18. The fourth-order valence-corrected chi connectivity index (χ4v) is 1.51. The van der Waals surface area contributed by atoms with Crippen molar-refractivity contribution in [2.75, 3.05) is 11.4 Å². The van der Waals surface area contributed by atoms with Crippen LogP contribution in [0.2, 0.25) is 0 Å². The van der Waals surface area contributed by atoms with E-state index in [1.165, 1.54) is 0 Å². The van der Waals surface area contributed by atoms with E-state index in [2.05, 4.69) is 12.1 Å². The van der Waals surface area contributed by atoms with E-state index in [0.717, 1.165) is 24.2 Å². The smallest absolute Gasteiger partial charge is 0.227 e. The molecular weight excluding hydrogens is 162 g/mol. The number of nitrogens with zero attached hydrogens (tertiary/aromatic N) is 1. The van der Waals surface area contributed by atoms with Crippen LogP contribution in [0.1, 0.15) is 18.4 Å². The van der Waals surface area contributed by atoms with Gasteiger partial charge in [-0.15, -0.1) is 0 Å². The zero-order valence-electron chi connectivity index (χ0n) is 7.63. The molecular formula is C11H11NO. The molecule has 0 unspecified atom stereocenters. The fourth-order valence-electron chi connectivity index (χ4n) is 1.51. The number of carbonyl (C=O) groups is 1. The van der Waals surface area contributed by atoms with Crippen molar-refractivity contribution >= 4 is 11.6 Å². The van der Waals surface area contributed by atoms with Crippen LogP contribution < -0.4 is 4.90 Å². The standard InChI is InChI=1S/C11H11NO/c1-9-4-6-10(7-5-9)12-8-2-3-11(12)13/h4,6H,2-3,8H2,1H3. The van der Waals surface area contributed by atoms with Crippen LogP contribution in [0, 0.1) is 19.1 Å². The van der Waals surface area contributed by atoms with Crippen LogP contribution in [-0.4, -0.2) is 12.5 Å². The van der Waals surface area contributed by atoms with Crippen LogP contribution in [0.3, 0.4) is 0 Å². The molecule has 2 heteroatoms. The third-order valence-corrected chi connectivity index (χ3v) is 2.24. The number of hydrogen-bond donors (Lipinski definition) is 0. The summed E-state index contributed by atoms with van der Waals surface area (Å²) in [6, 6.07) is 9.85. The summed E-state index contributed by atoms with van der Waals surface area (Å²) >= 11 is 0. The SMILES string of the molecule is Cc1c#cc(N2CCCC2=O)cc1. The largest absolute Gasteiger partial charge is 0.305 e. The maximum Gasteiger partial charge on any atom is 0.227 e. The van der Waals surface area contributed by atoms with Crippen molar-refractivity contribution in [3.05, 3.63) is 29.8 Å². The van der Waals surface area contributed by atoms with E-state index < -0.39 is 0 Å². The Bertz CT molecular complexity index is 315. The molecule has 2 rings (SSSR count). The summed E-state index contributed by atoms with van der Waals surface area (Å²) in [6.45, 7) is 2.79. The van der Waals surface area contributed by atoms with Gasteiger partial charge in [0.1, 0.15) is 0 Å². The lowest BCUT2D eigenvalue weighted by atomic mass is 10.2. The summed E-state index contributed by atoms with van der Waals surface area (Å²) in [5.41, 5.74) is 1.91. The number of aryl methyl sites for hydroxylation is 1. The minimum Gasteiger partial charge on any atom is -0.305 e. The van der Waals surface area contributed by atoms with Crippen LogP contribution in [0.25, 0.3) is 0 Å². The predicted molar refractivity (Wildman–Crippen MR) is 50.4 cm³/mol. The number of amides is 1. The monoisotopic (exact) mass is 173 g/mol. The molecule has 0 N–H and O–H groups in total. The molecule has 1 aliphatic heterocycles. The Morgan fingerprint density at radius 3 is 2.77 bits per heavy atom. The first-order chi connectivity index (χ1) is 6.27. The molecule has 1 amide bonds. The van der Waals surface area contributed by atoms with Crippen molar-refractivity contribution in [2.24, 2.45) is 0 Å². The maximum absolute atomic E-state index is 11.4. The van der Waals surface area contributed by atoms with Crippen molar-refractivity contribution in [3.63, 3.8) is 0 Å². The summed E-state index contributed by atoms with van der Waals surface area (Å²) in [5, 5.41) is 0. The Kier molecular flexibility index (Phi) is 1.94. The molecule has 1 aliphatic rings. The van der Waals surface area contributed by atoms with Gasteiger partial charge in [0.25, 0.3) is 0 Å². The van der Waals surface area contributed by atoms with Crippen molar-refractivity contribution in [3.8, 4) is 0 Å². The summed E-state index contributed by atoms with van der Waals surface area (Å²) in [5.74, 6) is 0.202. The van der Waals surface area contributed by atoms with E-state index in [1.807, 2.05) is 19.1 Å². The van der Waals surface area contributed by atoms with Gasteiger partial charge in [0.2, 0.25) is 5.91 Å². The van der Waals surface area contributed by atoms with Gasteiger partial charge < -0.3 is 4.90 Å². The Morgan fingerprint density at radius 1 is 1.38 bits per heavy atom. The first kappa shape index (κ1) is 8.12. The first-order valence-electron chi connectivity index (χ1n) is 4.48. The highest BCUT2D eigenvalue weighted by atomic mass is 16.2. The first-order valence-corrected chi connectivity index (χ1v) is 4.48. The van der Waals surface area contributed by atoms with Crippen LogP contribution in [0.15, 0.2) is 12.1 Å². The second-order valence-electron chi connectivity index (χ2n) is 3.30. The zero-order chi connectivity index (χ0) is 9.26. The second-order valence-corrected chi connectivity index (χ2v) is 3.30. The second kappa shape index (κ2) is 3.10. The summed E-state index contributed by atoms with van der Waals surface area (Å²) < 4.78 is 0. The average molecular weight is 173 g/mol. The molecule has 13 heavy (non-hydrogen) atoms. The summed E-state index contributed by atoms with van der Waals surface area (Å²) in [6.07, 6.45) is 1.63. The molecule has 1 saturated heterocycles. The van der Waals surface area contributed by atoms with E-state index >= 15 is 0 Å². The molecule has 0 atom stereocenters. The molecule has 1 aromatic carbocycles. The Hall–Kier alpha value is -1.49. The van der Waals surface area contributed by atoms with Crippen molar-refractivity contribution < 1.29 is 4.79 Å². The van der Waals surface area contributed by atoms with Gasteiger partial charge in [-0.3, -0.25) is 4.79 Å². The van der Waals surface area contributed by atoms with Crippen LogP contribution >= 0.6 is 0 Å². The average Bonchev–Trinajstić information content (AvgIpc) is 2.53. The Balaban J connectivity index is 2.25. The zero-order valence-corrected chi connectivity index (χ0v) is 7.63. The lowest BCUT2D eigenvalue weighted by molar-refractivity contribution is -0.117. The highest BCUT2D eigenvalue weighted by Gasteiger charge is 2.21. The van der Waals surface area contributed by atoms with Gasteiger partial charge in [0, 0.05) is 13.0 Å². The van der Waals surface area contributed by atoms with Gasteiger partial charge in [-0.25, -0.2) is 0 Å². The Morgan fingerprint density at radius 2 is 2.23 bits per heavy atom. The van der Waals surface area contributed by atoms with Crippen molar-refractivity contribution in [2.45, 2.75) is 19.8 Å². The van der Waals surface area contributed by atoms with Gasteiger partial charge in [0.05, 0.1) is 5.69 Å². The number of anilines is 1. The molecule has 0 spiro atoms. The number of hydrogen-bond acceptors (Lipinski definition) is 1. The molecule has 1 aromatic rings. The van der Waals surface area contributed by atoms with Crippen molar-refractivity contribution in [1.82, 2.24) is 0 Å². The molecule has 1 fully saturated rings. The fraction of sp³-hybridized carbons (Fsp3) is 0.364. The summed E-state index contributed by atoms with van der Waals surface area (Å²) in [7, 11) is 0. The minimum absolute atomic E-state index is 0.202. The van der Waals surface area contributed by atoms with E-state index in [1.54, 1.807) is 4.90 Å². The van der Waals surface area contributed by atoms with Crippen LogP contribution in [-0.2, 0) is 4.79 Å². The lowest BCUT2D eigenvalue weighted by Crippen LogP contribution is -2.23. The molecule has 0 saturated carbocycles. The van der Waals surface area contributed by atoms with Gasteiger partial charge >= 0.3 is 0 Å². The number of rotatable bonds is 1. The van der Waals surface area contributed by atoms with E-state index in [-0.39, 0.29) is 5.91 Å². The molecule has 1 heterocycles. The molecule has 0 bridgehead atoms. The number of carbonyl (C=O) groups excluding carboxylic acids is 1. The quantitative estimate of drug-likeness (QED) is 0.633. The van der Waals surface area contributed by atoms with E-state index in [0.29, 0.717) is 6.42 Å². The highest BCUT2D eigenvalue weighted by molar-refractivity contribution is 5.94. The molecule has 0 radical (unpaired) electrons. The minimum atomic E-state index is 0.202. The molecule has 2 nitrogen and oxygen atoms in total. The van der Waals surface area contributed by atoms with Crippen LogP contribution in [0.5, 0.6) is 0 Å². The van der Waals surface area contributed by atoms with Gasteiger partial charge in [-0.05, 0) is 37.1 Å². The Labute approximate surface area is 78.2 Å². The molecule has 0 aromatic heterocycles. The normalized spacial score (nSPS) is 16.1. The van der Waals surface area contributed by atoms with Crippen molar-refractivity contribution in [1.29, 1.82) is 0 Å². The summed E-state index contributed by atoms with van der Waals surface area (Å²) in [4.78, 5) is 13.1. The molecule has 0 aliphatic carbocycles. The third-order valence-electron chi connectivity index (χ3n) is 2.24. The van der Waals surface area contributed by atoms with E-state index in [9.17, 15) is 4.79 Å².